The number of pyridine rings is 1. The second kappa shape index (κ2) is 8.78. The summed E-state index contributed by atoms with van der Waals surface area (Å²) in [5.41, 5.74) is 0.276. The molecule has 4 aliphatic rings. The molecule has 4 saturated carbocycles. The summed E-state index contributed by atoms with van der Waals surface area (Å²) in [5.74, 6) is -0.431. The average molecular weight is 554 g/mol. The van der Waals surface area contributed by atoms with Gasteiger partial charge < -0.3 is 14.4 Å². The number of fused-ring (bicyclic) bond motifs is 4. The molecule has 0 aliphatic heterocycles. The number of hydrogen-bond donors (Lipinski definition) is 1. The Morgan fingerprint density at radius 3 is 2.79 bits per heavy atom. The van der Waals surface area contributed by atoms with Gasteiger partial charge in [-0.05, 0) is 86.1 Å². The molecule has 7 nitrogen and oxygen atoms in total. The number of carboxylic acids is 1. The molecule has 0 saturated heterocycles. The third-order valence-corrected chi connectivity index (χ3v) is 9.02. The first-order chi connectivity index (χ1) is 18.8. The monoisotopic (exact) mass is 553 g/mol. The molecule has 3 heterocycles. The highest BCUT2D eigenvalue weighted by Crippen LogP contribution is 2.58. The van der Waals surface area contributed by atoms with Gasteiger partial charge in [-0.25, -0.2) is 18.6 Å². The number of halogens is 3. The number of rotatable bonds is 7. The highest BCUT2D eigenvalue weighted by atomic mass is 35.5. The van der Waals surface area contributed by atoms with Gasteiger partial charge in [0.15, 0.2) is 22.9 Å². The summed E-state index contributed by atoms with van der Waals surface area (Å²) in [6.45, 7) is -0.180. The van der Waals surface area contributed by atoms with E-state index in [0.717, 1.165) is 31.2 Å². The van der Waals surface area contributed by atoms with Crippen molar-refractivity contribution in [3.63, 3.8) is 0 Å². The fourth-order valence-electron chi connectivity index (χ4n) is 6.58. The Hall–Kier alpha value is -3.46. The summed E-state index contributed by atoms with van der Waals surface area (Å²) < 4.78 is 44.4. The number of aromatic nitrogens is 3. The topological polar surface area (TPSA) is 89.9 Å². The largest absolute Gasteiger partial charge is 0.484 e. The van der Waals surface area contributed by atoms with E-state index in [1.807, 2.05) is 12.1 Å². The van der Waals surface area contributed by atoms with E-state index >= 15 is 4.39 Å². The van der Waals surface area contributed by atoms with Gasteiger partial charge in [0.25, 0.3) is 0 Å². The molecule has 202 valence electrons. The summed E-state index contributed by atoms with van der Waals surface area (Å²) in [7, 11) is 0. The summed E-state index contributed by atoms with van der Waals surface area (Å²) >= 11 is 6.30. The molecule has 4 fully saturated rings. The zero-order chi connectivity index (χ0) is 26.9. The Kier molecular flexibility index (Phi) is 5.53. The first-order valence-corrected chi connectivity index (χ1v) is 13.6. The van der Waals surface area contributed by atoms with Gasteiger partial charge in [-0.2, -0.15) is 0 Å². The molecule has 1 N–H and O–H groups in total. The predicted molar refractivity (Wildman–Crippen MR) is 139 cm³/mol. The van der Waals surface area contributed by atoms with Crippen LogP contribution in [-0.2, 0) is 5.41 Å². The lowest BCUT2D eigenvalue weighted by atomic mass is 9.58. The molecule has 10 heteroatoms. The van der Waals surface area contributed by atoms with Gasteiger partial charge >= 0.3 is 5.97 Å². The lowest BCUT2D eigenvalue weighted by molar-refractivity contribution is 0.0525. The zero-order valence-corrected chi connectivity index (χ0v) is 21.8. The molecular weight excluding hydrogens is 528 g/mol. The van der Waals surface area contributed by atoms with Crippen LogP contribution in [0.25, 0.3) is 16.9 Å². The number of nitrogens with zero attached hydrogens (tertiary/aromatic N) is 3. The SMILES string of the molecule is O=C(O)c1cnc2cc(C34CCC(F)(COc5c(-c6c(F)cccc6Cl)noc5C5CC5)CC(C3)C4)ccn12. The van der Waals surface area contributed by atoms with Crippen molar-refractivity contribution in [3.8, 4) is 17.0 Å². The van der Waals surface area contributed by atoms with Gasteiger partial charge in [0.1, 0.15) is 23.7 Å². The summed E-state index contributed by atoms with van der Waals surface area (Å²) in [4.78, 5) is 15.7. The van der Waals surface area contributed by atoms with E-state index in [0.29, 0.717) is 30.7 Å². The lowest BCUT2D eigenvalue weighted by Crippen LogP contribution is -2.40. The van der Waals surface area contributed by atoms with Crippen molar-refractivity contribution in [3.05, 3.63) is 70.6 Å². The lowest BCUT2D eigenvalue weighted by Gasteiger charge is -2.46. The van der Waals surface area contributed by atoms with E-state index in [-0.39, 0.29) is 51.6 Å². The van der Waals surface area contributed by atoms with Gasteiger partial charge in [0.2, 0.25) is 0 Å². The Balaban J connectivity index is 1.13. The number of imidazole rings is 1. The predicted octanol–water partition coefficient (Wildman–Crippen LogP) is 6.98. The molecular formula is C29H26ClF2N3O4. The quantitative estimate of drug-likeness (QED) is 0.266. The van der Waals surface area contributed by atoms with Crippen molar-refractivity contribution in [2.45, 2.75) is 61.9 Å². The minimum atomic E-state index is -1.56. The molecule has 1 atom stereocenters. The second-order valence-electron chi connectivity index (χ2n) is 11.4. The van der Waals surface area contributed by atoms with Crippen molar-refractivity contribution in [2.75, 3.05) is 6.61 Å². The third-order valence-electron chi connectivity index (χ3n) is 8.71. The van der Waals surface area contributed by atoms with Crippen LogP contribution in [0.3, 0.4) is 0 Å². The average Bonchev–Trinajstić information content (AvgIpc) is 3.57. The fourth-order valence-corrected chi connectivity index (χ4v) is 6.83. The van der Waals surface area contributed by atoms with Crippen LogP contribution in [-0.4, -0.2) is 37.9 Å². The van der Waals surface area contributed by atoms with Gasteiger partial charge in [-0.3, -0.25) is 4.40 Å². The molecule has 0 amide bonds. The molecule has 2 bridgehead atoms. The standard InChI is InChI=1S/C29H26ClF2N3O4/c30-19-2-1-3-20(31)23(19)24-26(25(39-34-24)17-4-5-17)38-15-29(32)8-7-28(11-16(12-28)13-29)18-6-9-35-21(27(36)37)14-33-22(35)10-18/h1-3,6,9-10,14,16-17H,4-5,7-8,11-13,15H2,(H,36,37). The van der Waals surface area contributed by atoms with Gasteiger partial charge in [-0.15, -0.1) is 0 Å². The van der Waals surface area contributed by atoms with Crippen LogP contribution < -0.4 is 4.74 Å². The summed E-state index contributed by atoms with van der Waals surface area (Å²) in [5, 5.41) is 13.7. The number of aromatic carboxylic acids is 1. The third kappa shape index (κ3) is 4.09. The van der Waals surface area contributed by atoms with E-state index in [4.69, 9.17) is 20.9 Å². The Morgan fingerprint density at radius 1 is 1.23 bits per heavy atom. The maximum absolute atomic E-state index is 16.4. The maximum atomic E-state index is 16.4. The van der Waals surface area contributed by atoms with Crippen molar-refractivity contribution >= 4 is 23.2 Å². The van der Waals surface area contributed by atoms with Crippen LogP contribution >= 0.6 is 11.6 Å². The summed E-state index contributed by atoms with van der Waals surface area (Å²) in [6, 6.07) is 8.25. The van der Waals surface area contributed by atoms with E-state index in [1.54, 1.807) is 16.7 Å². The van der Waals surface area contributed by atoms with Gasteiger partial charge in [0, 0.05) is 12.1 Å². The molecule has 1 aromatic carbocycles. The Morgan fingerprint density at radius 2 is 2.05 bits per heavy atom. The Labute approximate surface area is 227 Å². The van der Waals surface area contributed by atoms with Gasteiger partial charge in [0.05, 0.1) is 16.8 Å². The first-order valence-electron chi connectivity index (χ1n) is 13.2. The molecule has 0 radical (unpaired) electrons. The zero-order valence-electron chi connectivity index (χ0n) is 21.0. The molecule has 0 spiro atoms. The highest BCUT2D eigenvalue weighted by Gasteiger charge is 2.53. The van der Waals surface area contributed by atoms with Crippen LogP contribution in [0.15, 0.2) is 47.2 Å². The first kappa shape index (κ1) is 24.6. The second-order valence-corrected chi connectivity index (χ2v) is 11.8. The van der Waals surface area contributed by atoms with Crippen LogP contribution in [0, 0.1) is 11.7 Å². The number of ether oxygens (including phenoxy) is 1. The normalized spacial score (nSPS) is 26.3. The van der Waals surface area contributed by atoms with Crippen molar-refractivity contribution in [2.24, 2.45) is 5.92 Å². The van der Waals surface area contributed by atoms with E-state index in [1.165, 1.54) is 18.3 Å². The minimum absolute atomic E-state index is 0.0974. The van der Waals surface area contributed by atoms with Crippen molar-refractivity contribution in [1.82, 2.24) is 14.5 Å². The van der Waals surface area contributed by atoms with Crippen LogP contribution in [0.1, 0.15) is 72.7 Å². The van der Waals surface area contributed by atoms with Crippen LogP contribution in [0.5, 0.6) is 5.75 Å². The number of carbonyl (C=O) groups is 1. The van der Waals surface area contributed by atoms with Crippen molar-refractivity contribution < 1.29 is 27.9 Å². The highest BCUT2D eigenvalue weighted by molar-refractivity contribution is 6.33. The molecule has 4 aromatic rings. The van der Waals surface area contributed by atoms with Crippen LogP contribution in [0.2, 0.25) is 5.02 Å². The minimum Gasteiger partial charge on any atom is -0.484 e. The number of carboxylic acid groups (broad SMARTS) is 1. The molecule has 1 unspecified atom stereocenters. The van der Waals surface area contributed by atoms with Crippen molar-refractivity contribution in [1.29, 1.82) is 0 Å². The van der Waals surface area contributed by atoms with E-state index in [9.17, 15) is 14.3 Å². The maximum Gasteiger partial charge on any atom is 0.354 e. The molecule has 8 rings (SSSR count). The Bertz CT molecular complexity index is 1590. The van der Waals surface area contributed by atoms with Gasteiger partial charge in [-0.1, -0.05) is 22.8 Å². The summed E-state index contributed by atoms with van der Waals surface area (Å²) in [6.07, 6.45) is 7.95. The smallest absolute Gasteiger partial charge is 0.354 e. The fraction of sp³-hybridized carbons (Fsp3) is 0.414. The molecule has 3 aromatic heterocycles. The number of alkyl halides is 1. The number of hydrogen-bond acceptors (Lipinski definition) is 5. The molecule has 4 aliphatic carbocycles. The van der Waals surface area contributed by atoms with Crippen LogP contribution in [0.4, 0.5) is 8.78 Å². The number of benzene rings is 1. The van der Waals surface area contributed by atoms with E-state index < -0.39 is 17.5 Å². The molecule has 39 heavy (non-hydrogen) atoms. The van der Waals surface area contributed by atoms with E-state index in [2.05, 4.69) is 10.1 Å².